The van der Waals surface area contributed by atoms with Crippen molar-refractivity contribution in [1.82, 2.24) is 4.72 Å². The minimum atomic E-state index is -3.50. The summed E-state index contributed by atoms with van der Waals surface area (Å²) < 4.78 is 28.8. The molecule has 0 spiro atoms. The van der Waals surface area contributed by atoms with Gasteiger partial charge in [0.2, 0.25) is 0 Å². The predicted octanol–water partition coefficient (Wildman–Crippen LogP) is 4.33. The van der Waals surface area contributed by atoms with Gasteiger partial charge in [-0.1, -0.05) is 34.5 Å². The van der Waals surface area contributed by atoms with Crippen molar-refractivity contribution in [3.05, 3.63) is 16.0 Å². The van der Waals surface area contributed by atoms with Crippen molar-refractivity contribution in [2.45, 2.75) is 49.3 Å². The van der Waals surface area contributed by atoms with E-state index in [2.05, 4.69) is 27.6 Å². The van der Waals surface area contributed by atoms with Gasteiger partial charge in [-0.2, -0.15) is 0 Å². The second-order valence-corrected chi connectivity index (χ2v) is 9.85. The normalized spacial score (nSPS) is 27.7. The number of hydrogen-bond acceptors (Lipinski definition) is 3. The molecule has 1 aromatic heterocycles. The third-order valence-electron chi connectivity index (χ3n) is 3.94. The topological polar surface area (TPSA) is 46.2 Å². The monoisotopic (exact) mass is 399 g/mol. The Hall–Kier alpha value is 0.380. The van der Waals surface area contributed by atoms with E-state index in [1.54, 1.807) is 6.07 Å². The molecule has 1 saturated carbocycles. The molecule has 1 aliphatic carbocycles. The highest BCUT2D eigenvalue weighted by atomic mass is 79.9. The van der Waals surface area contributed by atoms with E-state index in [0.29, 0.717) is 19.8 Å². The molecule has 0 saturated heterocycles. The summed E-state index contributed by atoms with van der Waals surface area (Å²) in [6.07, 6.45) is 3.85. The maximum Gasteiger partial charge on any atom is 0.250 e. The van der Waals surface area contributed by atoms with Crippen LogP contribution >= 0.6 is 38.9 Å². The molecule has 1 heterocycles. The molecule has 20 heavy (non-hydrogen) atoms. The highest BCUT2D eigenvalue weighted by Gasteiger charge is 2.37. The van der Waals surface area contributed by atoms with E-state index in [4.69, 9.17) is 11.6 Å². The Morgan fingerprint density at radius 3 is 2.55 bits per heavy atom. The van der Waals surface area contributed by atoms with Crippen LogP contribution in [0.15, 0.2) is 10.3 Å². The van der Waals surface area contributed by atoms with E-state index >= 15 is 0 Å². The smallest absolute Gasteiger partial charge is 0.206 e. The number of hydrogen-bond donors (Lipinski definition) is 1. The molecule has 7 heteroatoms. The number of aryl methyl sites for hydroxylation is 1. The lowest BCUT2D eigenvalue weighted by Gasteiger charge is -2.38. The maximum atomic E-state index is 12.5. The van der Waals surface area contributed by atoms with Crippen molar-refractivity contribution in [2.24, 2.45) is 5.92 Å². The summed E-state index contributed by atoms with van der Waals surface area (Å²) in [5.74, 6) is 0.671. The zero-order valence-corrected chi connectivity index (χ0v) is 15.6. The van der Waals surface area contributed by atoms with Crippen LogP contribution in [0.25, 0.3) is 0 Å². The first kappa shape index (κ1) is 16.7. The van der Waals surface area contributed by atoms with Gasteiger partial charge in [-0.25, -0.2) is 13.1 Å². The summed E-state index contributed by atoms with van der Waals surface area (Å²) >= 11 is 10.6. The molecule has 0 aromatic carbocycles. The van der Waals surface area contributed by atoms with E-state index in [1.165, 1.54) is 0 Å². The first-order valence-electron chi connectivity index (χ1n) is 6.64. The first-order valence-corrected chi connectivity index (χ1v) is 10.4. The molecular formula is C13H19BrClNO2S2. The number of alkyl halides is 1. The van der Waals surface area contributed by atoms with Gasteiger partial charge in [-0.05, 0) is 50.2 Å². The Morgan fingerprint density at radius 1 is 1.50 bits per heavy atom. The van der Waals surface area contributed by atoms with E-state index in [1.807, 2.05) is 6.92 Å². The maximum absolute atomic E-state index is 12.5. The SMILES string of the molecule is Cc1cc(S(=O)(=O)NC2(CBr)CCC(C)CC2)sc1Cl. The third kappa shape index (κ3) is 3.58. The molecule has 0 unspecified atom stereocenters. The first-order chi connectivity index (χ1) is 9.28. The summed E-state index contributed by atoms with van der Waals surface area (Å²) in [5.41, 5.74) is 0.442. The number of halogens is 2. The predicted molar refractivity (Wildman–Crippen MR) is 88.5 cm³/mol. The van der Waals surface area contributed by atoms with Gasteiger partial charge in [-0.15, -0.1) is 11.3 Å². The Labute approximate surface area is 138 Å². The zero-order valence-electron chi connectivity index (χ0n) is 11.6. The lowest BCUT2D eigenvalue weighted by Crippen LogP contribution is -2.51. The average molecular weight is 401 g/mol. The van der Waals surface area contributed by atoms with Crippen LogP contribution in [0.4, 0.5) is 0 Å². The Kier molecular flexibility index (Phi) is 5.23. The molecular weight excluding hydrogens is 382 g/mol. The summed E-state index contributed by atoms with van der Waals surface area (Å²) in [7, 11) is -3.50. The average Bonchev–Trinajstić information content (AvgIpc) is 2.74. The summed E-state index contributed by atoms with van der Waals surface area (Å²) in [5, 5.41) is 0.643. The highest BCUT2D eigenvalue weighted by molar-refractivity contribution is 9.09. The van der Waals surface area contributed by atoms with E-state index < -0.39 is 10.0 Å². The van der Waals surface area contributed by atoms with Crippen LogP contribution in [-0.2, 0) is 10.0 Å². The van der Waals surface area contributed by atoms with Gasteiger partial charge in [0.05, 0.1) is 4.34 Å². The number of nitrogens with one attached hydrogen (secondary N) is 1. The summed E-state index contributed by atoms with van der Waals surface area (Å²) in [6, 6.07) is 1.64. The van der Waals surface area contributed by atoms with Gasteiger partial charge < -0.3 is 0 Å². The second kappa shape index (κ2) is 6.24. The van der Waals surface area contributed by atoms with Gasteiger partial charge in [-0.3, -0.25) is 0 Å². The number of rotatable bonds is 4. The lowest BCUT2D eigenvalue weighted by atomic mass is 9.79. The van der Waals surface area contributed by atoms with E-state index in [9.17, 15) is 8.42 Å². The van der Waals surface area contributed by atoms with Crippen molar-refractivity contribution >= 4 is 48.9 Å². The third-order valence-corrected chi connectivity index (χ3v) is 8.62. The van der Waals surface area contributed by atoms with Crippen LogP contribution in [0.3, 0.4) is 0 Å². The molecule has 1 fully saturated rings. The van der Waals surface area contributed by atoms with Gasteiger partial charge in [0.1, 0.15) is 4.21 Å². The quantitative estimate of drug-likeness (QED) is 0.764. The Balaban J connectivity index is 2.22. The minimum Gasteiger partial charge on any atom is -0.206 e. The lowest BCUT2D eigenvalue weighted by molar-refractivity contribution is 0.250. The van der Waals surface area contributed by atoms with Crippen molar-refractivity contribution in [3.8, 4) is 0 Å². The van der Waals surface area contributed by atoms with Gasteiger partial charge in [0.15, 0.2) is 0 Å². The Morgan fingerprint density at radius 2 is 2.10 bits per heavy atom. The highest BCUT2D eigenvalue weighted by Crippen LogP contribution is 2.36. The van der Waals surface area contributed by atoms with Crippen LogP contribution < -0.4 is 4.72 Å². The van der Waals surface area contributed by atoms with Gasteiger partial charge in [0, 0.05) is 10.9 Å². The van der Waals surface area contributed by atoms with Crippen LogP contribution in [0.5, 0.6) is 0 Å². The molecule has 1 N–H and O–H groups in total. The molecule has 2 rings (SSSR count). The molecule has 0 atom stereocenters. The van der Waals surface area contributed by atoms with Crippen LogP contribution in [-0.4, -0.2) is 19.3 Å². The molecule has 0 aliphatic heterocycles. The van der Waals surface area contributed by atoms with Crippen molar-refractivity contribution in [3.63, 3.8) is 0 Å². The molecule has 3 nitrogen and oxygen atoms in total. The fraction of sp³-hybridized carbons (Fsp3) is 0.692. The molecule has 114 valence electrons. The Bertz CT molecular complexity index is 558. The molecule has 1 aliphatic rings. The standard InChI is InChI=1S/C13H19BrClNO2S2/c1-9-3-5-13(8-14,6-4-9)16-20(17,18)11-7-10(2)12(15)19-11/h7,9,16H,3-6,8H2,1-2H3. The van der Waals surface area contributed by atoms with Crippen molar-refractivity contribution in [1.29, 1.82) is 0 Å². The molecule has 0 radical (unpaired) electrons. The van der Waals surface area contributed by atoms with Gasteiger partial charge in [0.25, 0.3) is 10.0 Å². The van der Waals surface area contributed by atoms with Crippen LogP contribution in [0, 0.1) is 12.8 Å². The number of thiophene rings is 1. The van der Waals surface area contributed by atoms with Crippen LogP contribution in [0.1, 0.15) is 38.2 Å². The largest absolute Gasteiger partial charge is 0.250 e. The van der Waals surface area contributed by atoms with Crippen molar-refractivity contribution in [2.75, 3.05) is 5.33 Å². The molecule has 0 amide bonds. The van der Waals surface area contributed by atoms with E-state index in [-0.39, 0.29) is 5.54 Å². The summed E-state index contributed by atoms with van der Waals surface area (Å²) in [4.78, 5) is 0. The van der Waals surface area contributed by atoms with Crippen molar-refractivity contribution < 1.29 is 8.42 Å². The fourth-order valence-corrected chi connectivity index (χ4v) is 6.53. The van der Waals surface area contributed by atoms with E-state index in [0.717, 1.165) is 42.6 Å². The molecule has 0 bridgehead atoms. The zero-order chi connectivity index (χ0) is 15.0. The fourth-order valence-electron chi connectivity index (χ4n) is 2.48. The van der Waals surface area contributed by atoms with Crippen LogP contribution in [0.2, 0.25) is 4.34 Å². The molecule has 1 aromatic rings. The number of sulfonamides is 1. The minimum absolute atomic E-state index is 0.305. The second-order valence-electron chi connectivity index (χ2n) is 5.72. The van der Waals surface area contributed by atoms with Gasteiger partial charge >= 0.3 is 0 Å². The summed E-state index contributed by atoms with van der Waals surface area (Å²) in [6.45, 7) is 4.04.